The van der Waals surface area contributed by atoms with Gasteiger partial charge in [0.15, 0.2) is 6.61 Å². The Hall–Kier alpha value is -2.63. The Kier molecular flexibility index (Phi) is 7.38. The van der Waals surface area contributed by atoms with Crippen LogP contribution in [-0.4, -0.2) is 37.6 Å². The standard InChI is InChI=1S/C20H25NO5/c1-14-3-10-17(11-4-14)21-18(22)13-26-19(23)12-7-15-5-8-16(9-6-15)20(24)25-2/h5-9,12,14,17H,3-4,10-11,13H2,1-2H3,(H,21,22)/b12-7+. The van der Waals surface area contributed by atoms with E-state index in [2.05, 4.69) is 17.0 Å². The van der Waals surface area contributed by atoms with Crippen LogP contribution in [0.15, 0.2) is 30.3 Å². The van der Waals surface area contributed by atoms with Crippen molar-refractivity contribution < 1.29 is 23.9 Å². The van der Waals surface area contributed by atoms with Crippen molar-refractivity contribution in [2.24, 2.45) is 5.92 Å². The molecule has 1 aliphatic rings. The van der Waals surface area contributed by atoms with Crippen molar-refractivity contribution in [1.82, 2.24) is 5.32 Å². The molecule has 2 rings (SSSR count). The van der Waals surface area contributed by atoms with Crippen LogP contribution in [0.3, 0.4) is 0 Å². The minimum Gasteiger partial charge on any atom is -0.465 e. The first-order valence-corrected chi connectivity index (χ1v) is 8.80. The van der Waals surface area contributed by atoms with Crippen molar-refractivity contribution in [3.63, 3.8) is 0 Å². The average molecular weight is 359 g/mol. The van der Waals surface area contributed by atoms with Gasteiger partial charge in [-0.15, -0.1) is 0 Å². The molecule has 0 spiro atoms. The number of esters is 2. The monoisotopic (exact) mass is 359 g/mol. The predicted octanol–water partition coefficient (Wildman–Crippen LogP) is 2.72. The van der Waals surface area contributed by atoms with Crippen molar-refractivity contribution >= 4 is 23.9 Å². The molecule has 1 aromatic carbocycles. The molecule has 0 bridgehead atoms. The van der Waals surface area contributed by atoms with E-state index in [9.17, 15) is 14.4 Å². The molecule has 1 saturated carbocycles. The topological polar surface area (TPSA) is 81.7 Å². The summed E-state index contributed by atoms with van der Waals surface area (Å²) in [6.45, 7) is 1.94. The Bertz CT molecular complexity index is 657. The Labute approximate surface area is 153 Å². The molecule has 1 amide bonds. The third-order valence-electron chi connectivity index (χ3n) is 4.47. The van der Waals surface area contributed by atoms with Crippen molar-refractivity contribution in [3.8, 4) is 0 Å². The number of benzene rings is 1. The maximum atomic E-state index is 11.8. The van der Waals surface area contributed by atoms with Gasteiger partial charge in [0.1, 0.15) is 0 Å². The van der Waals surface area contributed by atoms with Gasteiger partial charge in [0, 0.05) is 12.1 Å². The summed E-state index contributed by atoms with van der Waals surface area (Å²) in [5, 5.41) is 2.91. The minimum atomic E-state index is -0.588. The van der Waals surface area contributed by atoms with Gasteiger partial charge in [-0.25, -0.2) is 9.59 Å². The lowest BCUT2D eigenvalue weighted by molar-refractivity contribution is -0.144. The first kappa shape index (κ1) is 19.7. The molecule has 0 radical (unpaired) electrons. The lowest BCUT2D eigenvalue weighted by Gasteiger charge is -2.26. The largest absolute Gasteiger partial charge is 0.465 e. The molecule has 0 atom stereocenters. The Morgan fingerprint density at radius 3 is 2.38 bits per heavy atom. The zero-order chi connectivity index (χ0) is 18.9. The molecule has 0 heterocycles. The minimum absolute atomic E-state index is 0.182. The maximum Gasteiger partial charge on any atom is 0.337 e. The zero-order valence-corrected chi connectivity index (χ0v) is 15.2. The van der Waals surface area contributed by atoms with Crippen LogP contribution in [0.25, 0.3) is 6.08 Å². The van der Waals surface area contributed by atoms with E-state index >= 15 is 0 Å². The van der Waals surface area contributed by atoms with E-state index in [1.54, 1.807) is 30.3 Å². The molecule has 0 saturated heterocycles. The smallest absolute Gasteiger partial charge is 0.337 e. The van der Waals surface area contributed by atoms with Crippen LogP contribution in [0.2, 0.25) is 0 Å². The van der Waals surface area contributed by atoms with Gasteiger partial charge in [-0.3, -0.25) is 4.79 Å². The molecule has 140 valence electrons. The number of amides is 1. The summed E-state index contributed by atoms with van der Waals surface area (Å²) in [7, 11) is 1.32. The summed E-state index contributed by atoms with van der Waals surface area (Å²) in [5.41, 5.74) is 1.16. The lowest BCUT2D eigenvalue weighted by Crippen LogP contribution is -2.39. The predicted molar refractivity (Wildman–Crippen MR) is 97.3 cm³/mol. The maximum absolute atomic E-state index is 11.8. The molecule has 1 fully saturated rings. The van der Waals surface area contributed by atoms with Crippen LogP contribution < -0.4 is 5.32 Å². The van der Waals surface area contributed by atoms with Crippen LogP contribution in [-0.2, 0) is 19.1 Å². The number of rotatable bonds is 6. The van der Waals surface area contributed by atoms with E-state index in [0.717, 1.165) is 31.2 Å². The number of ether oxygens (including phenoxy) is 2. The van der Waals surface area contributed by atoms with Crippen LogP contribution in [0.4, 0.5) is 0 Å². The third kappa shape index (κ3) is 6.35. The quantitative estimate of drug-likeness (QED) is 0.624. The van der Waals surface area contributed by atoms with E-state index in [1.165, 1.54) is 13.2 Å². The van der Waals surface area contributed by atoms with Gasteiger partial charge in [-0.05, 0) is 55.4 Å². The summed E-state index contributed by atoms with van der Waals surface area (Å²) < 4.78 is 9.57. The molecule has 1 N–H and O–H groups in total. The fourth-order valence-electron chi connectivity index (χ4n) is 2.87. The zero-order valence-electron chi connectivity index (χ0n) is 15.2. The third-order valence-corrected chi connectivity index (χ3v) is 4.47. The number of hydrogen-bond acceptors (Lipinski definition) is 5. The van der Waals surface area contributed by atoms with E-state index in [4.69, 9.17) is 4.74 Å². The second-order valence-electron chi connectivity index (χ2n) is 6.58. The number of nitrogens with one attached hydrogen (secondary N) is 1. The van der Waals surface area contributed by atoms with Gasteiger partial charge in [0.25, 0.3) is 5.91 Å². The number of hydrogen-bond donors (Lipinski definition) is 1. The Morgan fingerprint density at radius 1 is 1.12 bits per heavy atom. The van der Waals surface area contributed by atoms with E-state index in [-0.39, 0.29) is 18.6 Å². The van der Waals surface area contributed by atoms with E-state index < -0.39 is 11.9 Å². The summed E-state index contributed by atoms with van der Waals surface area (Å²) in [5.74, 6) is -0.561. The van der Waals surface area contributed by atoms with Gasteiger partial charge in [-0.2, -0.15) is 0 Å². The first-order chi connectivity index (χ1) is 12.5. The highest BCUT2D eigenvalue weighted by Gasteiger charge is 2.19. The average Bonchev–Trinajstić information content (AvgIpc) is 2.66. The highest BCUT2D eigenvalue weighted by atomic mass is 16.5. The van der Waals surface area contributed by atoms with Gasteiger partial charge in [0.2, 0.25) is 0 Å². The van der Waals surface area contributed by atoms with Crippen LogP contribution in [0, 0.1) is 5.92 Å². The van der Waals surface area contributed by atoms with Crippen LogP contribution in [0.1, 0.15) is 48.5 Å². The number of carbonyl (C=O) groups excluding carboxylic acids is 3. The Balaban J connectivity index is 1.73. The highest BCUT2D eigenvalue weighted by Crippen LogP contribution is 2.23. The summed E-state index contributed by atoms with van der Waals surface area (Å²) in [6, 6.07) is 6.77. The van der Waals surface area contributed by atoms with Gasteiger partial charge in [0.05, 0.1) is 12.7 Å². The first-order valence-electron chi connectivity index (χ1n) is 8.80. The molecule has 1 aromatic rings. The van der Waals surface area contributed by atoms with Crippen molar-refractivity contribution in [1.29, 1.82) is 0 Å². The Morgan fingerprint density at radius 2 is 1.77 bits per heavy atom. The van der Waals surface area contributed by atoms with Crippen LogP contribution in [0.5, 0.6) is 0 Å². The molecule has 0 aromatic heterocycles. The lowest BCUT2D eigenvalue weighted by atomic mass is 9.87. The van der Waals surface area contributed by atoms with Gasteiger partial charge < -0.3 is 14.8 Å². The summed E-state index contributed by atoms with van der Waals surface area (Å²) in [4.78, 5) is 34.9. The van der Waals surface area contributed by atoms with Gasteiger partial charge in [-0.1, -0.05) is 19.1 Å². The normalized spacial score (nSPS) is 19.8. The summed E-state index contributed by atoms with van der Waals surface area (Å²) in [6.07, 6.45) is 6.99. The molecule has 6 heteroatoms. The van der Waals surface area contributed by atoms with Crippen molar-refractivity contribution in [2.75, 3.05) is 13.7 Å². The van der Waals surface area contributed by atoms with E-state index in [1.807, 2.05) is 0 Å². The number of methoxy groups -OCH3 is 1. The van der Waals surface area contributed by atoms with Crippen molar-refractivity contribution in [2.45, 2.75) is 38.6 Å². The molecular formula is C20H25NO5. The van der Waals surface area contributed by atoms with E-state index in [0.29, 0.717) is 11.5 Å². The second-order valence-corrected chi connectivity index (χ2v) is 6.58. The molecule has 6 nitrogen and oxygen atoms in total. The molecular weight excluding hydrogens is 334 g/mol. The molecule has 1 aliphatic carbocycles. The fraction of sp³-hybridized carbons (Fsp3) is 0.450. The molecule has 26 heavy (non-hydrogen) atoms. The second kappa shape index (κ2) is 9.75. The van der Waals surface area contributed by atoms with Crippen LogP contribution >= 0.6 is 0 Å². The molecule has 0 aliphatic heterocycles. The molecule has 0 unspecified atom stereocenters. The number of carbonyl (C=O) groups is 3. The van der Waals surface area contributed by atoms with Crippen molar-refractivity contribution in [3.05, 3.63) is 41.5 Å². The SMILES string of the molecule is COC(=O)c1ccc(/C=C/C(=O)OCC(=O)NC2CCC(C)CC2)cc1. The highest BCUT2D eigenvalue weighted by molar-refractivity contribution is 5.91. The fourth-order valence-corrected chi connectivity index (χ4v) is 2.87. The summed E-state index contributed by atoms with van der Waals surface area (Å²) >= 11 is 0. The van der Waals surface area contributed by atoms with Gasteiger partial charge >= 0.3 is 11.9 Å².